The third kappa shape index (κ3) is 2.83. The number of hydrogen-bond acceptors (Lipinski definition) is 3. The van der Waals surface area contributed by atoms with Crippen molar-refractivity contribution in [2.75, 3.05) is 11.1 Å². The number of aryl methyl sites for hydroxylation is 2. The molecule has 2 aromatic carbocycles. The number of anilines is 1. The minimum absolute atomic E-state index is 0.466. The number of nitrogens with zero attached hydrogens (tertiary/aromatic N) is 1. The molecule has 2 aliphatic rings. The van der Waals surface area contributed by atoms with Crippen LogP contribution in [0.3, 0.4) is 0 Å². The second-order valence-corrected chi connectivity index (χ2v) is 9.55. The lowest BCUT2D eigenvalue weighted by Crippen LogP contribution is -2.27. The van der Waals surface area contributed by atoms with Crippen molar-refractivity contribution in [3.63, 3.8) is 0 Å². The molecule has 2 aliphatic carbocycles. The zero-order chi connectivity index (χ0) is 19.3. The summed E-state index contributed by atoms with van der Waals surface area (Å²) in [5.41, 5.74) is 6.53. The van der Waals surface area contributed by atoms with Crippen molar-refractivity contribution in [1.29, 1.82) is 0 Å². The summed E-state index contributed by atoms with van der Waals surface area (Å²) < 4.78 is 27.0. The Morgan fingerprint density at radius 1 is 0.964 bits per heavy atom. The predicted molar refractivity (Wildman–Crippen MR) is 110 cm³/mol. The fourth-order valence-electron chi connectivity index (χ4n) is 4.68. The first-order valence-electron chi connectivity index (χ1n) is 9.78. The molecule has 1 amide bonds. The van der Waals surface area contributed by atoms with E-state index in [1.165, 1.54) is 32.4 Å². The summed E-state index contributed by atoms with van der Waals surface area (Å²) in [5, 5.41) is 3.82. The molecule has 0 aliphatic heterocycles. The Balaban J connectivity index is 1.44. The summed E-state index contributed by atoms with van der Waals surface area (Å²) in [6.45, 7) is 0. The molecule has 28 heavy (non-hydrogen) atoms. The van der Waals surface area contributed by atoms with E-state index in [1.807, 2.05) is 12.1 Å². The fourth-order valence-corrected chi connectivity index (χ4v) is 5.93. The van der Waals surface area contributed by atoms with Crippen molar-refractivity contribution in [1.82, 2.24) is 3.97 Å². The van der Waals surface area contributed by atoms with Gasteiger partial charge in [-0.05, 0) is 72.9 Å². The Labute approximate surface area is 164 Å². The lowest BCUT2D eigenvalue weighted by molar-refractivity contribution is -0.113. The summed E-state index contributed by atoms with van der Waals surface area (Å²) in [5.74, 6) is -1.03. The Kier molecular flexibility index (Phi) is 4.05. The van der Waals surface area contributed by atoms with Crippen molar-refractivity contribution >= 4 is 32.5 Å². The monoisotopic (exact) mass is 394 g/mol. The highest BCUT2D eigenvalue weighted by molar-refractivity contribution is 7.90. The van der Waals surface area contributed by atoms with Crippen LogP contribution in [-0.4, -0.2) is 24.1 Å². The summed E-state index contributed by atoms with van der Waals surface area (Å²) in [6, 6.07) is 11.3. The third-order valence-electron chi connectivity index (χ3n) is 5.91. The third-order valence-corrected chi connectivity index (χ3v) is 7.46. The number of carbonyl (C=O) groups excluding carboxylic acids is 1. The van der Waals surface area contributed by atoms with Gasteiger partial charge >= 0.3 is 0 Å². The van der Waals surface area contributed by atoms with Crippen molar-refractivity contribution in [2.45, 2.75) is 38.5 Å². The SMILES string of the molecule is O=C(CS(=O)(=O)n1ccc2ccccc21)Nc1c2c(cc3c1CCC3)CCC2. The number of rotatable bonds is 4. The van der Waals surface area contributed by atoms with E-state index >= 15 is 0 Å². The number of benzene rings is 2. The maximum absolute atomic E-state index is 12.9. The highest BCUT2D eigenvalue weighted by Gasteiger charge is 2.27. The molecule has 6 heteroatoms. The molecule has 0 spiro atoms. The van der Waals surface area contributed by atoms with Crippen LogP contribution in [0.5, 0.6) is 0 Å². The van der Waals surface area contributed by atoms with Gasteiger partial charge in [-0.1, -0.05) is 24.3 Å². The normalized spacial score (nSPS) is 15.6. The Morgan fingerprint density at radius 2 is 1.64 bits per heavy atom. The van der Waals surface area contributed by atoms with Gasteiger partial charge < -0.3 is 5.32 Å². The molecule has 5 rings (SSSR count). The summed E-state index contributed by atoms with van der Waals surface area (Å²) in [4.78, 5) is 12.8. The smallest absolute Gasteiger partial charge is 0.248 e. The Hall–Kier alpha value is -2.60. The van der Waals surface area contributed by atoms with Gasteiger partial charge in [0, 0.05) is 17.3 Å². The molecule has 0 saturated carbocycles. The Bertz CT molecular complexity index is 1180. The minimum Gasteiger partial charge on any atom is -0.325 e. The second kappa shape index (κ2) is 6.48. The topological polar surface area (TPSA) is 68.2 Å². The number of aromatic nitrogens is 1. The summed E-state index contributed by atoms with van der Waals surface area (Å²) >= 11 is 0. The van der Waals surface area contributed by atoms with E-state index in [0.29, 0.717) is 5.52 Å². The second-order valence-electron chi connectivity index (χ2n) is 7.71. The number of fused-ring (bicyclic) bond motifs is 3. The number of hydrogen-bond donors (Lipinski definition) is 1. The van der Waals surface area contributed by atoms with E-state index in [1.54, 1.807) is 18.2 Å². The molecule has 0 fully saturated rings. The van der Waals surface area contributed by atoms with E-state index < -0.39 is 21.7 Å². The van der Waals surface area contributed by atoms with Crippen LogP contribution in [-0.2, 0) is 40.5 Å². The molecule has 144 valence electrons. The van der Waals surface area contributed by atoms with Gasteiger partial charge in [0.05, 0.1) is 5.52 Å². The van der Waals surface area contributed by atoms with Crippen LogP contribution in [0.25, 0.3) is 10.9 Å². The van der Waals surface area contributed by atoms with Crippen LogP contribution in [0.4, 0.5) is 5.69 Å². The van der Waals surface area contributed by atoms with E-state index in [-0.39, 0.29) is 0 Å². The largest absolute Gasteiger partial charge is 0.325 e. The van der Waals surface area contributed by atoms with Gasteiger partial charge in [0.1, 0.15) is 5.75 Å². The molecule has 0 bridgehead atoms. The molecule has 0 atom stereocenters. The molecule has 5 nitrogen and oxygen atoms in total. The minimum atomic E-state index is -3.79. The summed E-state index contributed by atoms with van der Waals surface area (Å²) in [6.07, 6.45) is 7.69. The van der Waals surface area contributed by atoms with Crippen LogP contribution >= 0.6 is 0 Å². The van der Waals surface area contributed by atoms with Gasteiger partial charge in [-0.2, -0.15) is 0 Å². The standard InChI is InChI=1S/C22H22N2O3S/c25-21(14-28(26,27)24-12-11-15-5-1-2-10-20(15)24)23-22-18-8-3-6-16(18)13-17-7-4-9-19(17)22/h1-2,5,10-13H,3-4,6-9,14H2,(H,23,25). The van der Waals surface area contributed by atoms with E-state index in [2.05, 4.69) is 11.4 Å². The number of para-hydroxylation sites is 1. The molecule has 0 radical (unpaired) electrons. The van der Waals surface area contributed by atoms with Crippen LogP contribution in [0.2, 0.25) is 0 Å². The molecule has 3 aromatic rings. The van der Waals surface area contributed by atoms with Gasteiger partial charge in [-0.15, -0.1) is 0 Å². The van der Waals surface area contributed by atoms with E-state index in [0.717, 1.165) is 49.6 Å². The lowest BCUT2D eigenvalue weighted by atomic mass is 9.98. The first-order chi connectivity index (χ1) is 13.5. The van der Waals surface area contributed by atoms with Crippen molar-refractivity contribution in [3.05, 3.63) is 64.8 Å². The number of carbonyl (C=O) groups is 1. The van der Waals surface area contributed by atoms with Gasteiger partial charge in [0.15, 0.2) is 0 Å². The van der Waals surface area contributed by atoms with E-state index in [4.69, 9.17) is 0 Å². The molecule has 1 aromatic heterocycles. The first kappa shape index (κ1) is 17.5. The number of nitrogens with one attached hydrogen (secondary N) is 1. The average molecular weight is 394 g/mol. The maximum atomic E-state index is 12.9. The van der Waals surface area contributed by atoms with Gasteiger partial charge in [0.25, 0.3) is 0 Å². The Morgan fingerprint density at radius 3 is 2.36 bits per heavy atom. The van der Waals surface area contributed by atoms with Crippen LogP contribution in [0.15, 0.2) is 42.6 Å². The molecular weight excluding hydrogens is 372 g/mol. The molecule has 1 heterocycles. The van der Waals surface area contributed by atoms with Crippen molar-refractivity contribution in [2.24, 2.45) is 0 Å². The molecule has 0 unspecified atom stereocenters. The maximum Gasteiger partial charge on any atom is 0.248 e. The highest BCUT2D eigenvalue weighted by atomic mass is 32.2. The number of amides is 1. The highest BCUT2D eigenvalue weighted by Crippen LogP contribution is 2.38. The van der Waals surface area contributed by atoms with Crippen molar-refractivity contribution in [3.8, 4) is 0 Å². The molecule has 1 N–H and O–H groups in total. The van der Waals surface area contributed by atoms with Crippen LogP contribution in [0, 0.1) is 0 Å². The van der Waals surface area contributed by atoms with Gasteiger partial charge in [-0.25, -0.2) is 12.4 Å². The fraction of sp³-hybridized carbons (Fsp3) is 0.318. The predicted octanol–water partition coefficient (Wildman–Crippen LogP) is 3.44. The van der Waals surface area contributed by atoms with Crippen LogP contribution < -0.4 is 5.32 Å². The van der Waals surface area contributed by atoms with Crippen LogP contribution in [0.1, 0.15) is 35.1 Å². The lowest BCUT2D eigenvalue weighted by Gasteiger charge is -2.16. The average Bonchev–Trinajstić information content (AvgIpc) is 3.39. The van der Waals surface area contributed by atoms with Gasteiger partial charge in [0.2, 0.25) is 15.9 Å². The van der Waals surface area contributed by atoms with Gasteiger partial charge in [-0.3, -0.25) is 4.79 Å². The quantitative estimate of drug-likeness (QED) is 0.737. The van der Waals surface area contributed by atoms with Crippen molar-refractivity contribution < 1.29 is 13.2 Å². The molecular formula is C22H22N2O3S. The zero-order valence-electron chi connectivity index (χ0n) is 15.6. The molecule has 0 saturated heterocycles. The zero-order valence-corrected chi connectivity index (χ0v) is 16.4. The van der Waals surface area contributed by atoms with E-state index in [9.17, 15) is 13.2 Å². The first-order valence-corrected chi connectivity index (χ1v) is 11.4. The summed E-state index contributed by atoms with van der Waals surface area (Å²) in [7, 11) is -3.79.